The summed E-state index contributed by atoms with van der Waals surface area (Å²) in [5.41, 5.74) is 0. The summed E-state index contributed by atoms with van der Waals surface area (Å²) in [4.78, 5) is 1.60. The van der Waals surface area contributed by atoms with Gasteiger partial charge in [0.2, 0.25) is 0 Å². The van der Waals surface area contributed by atoms with Crippen LogP contribution in [0.1, 0.15) is 4.88 Å². The van der Waals surface area contributed by atoms with Crippen molar-refractivity contribution in [3.8, 4) is 0 Å². The third-order valence-corrected chi connectivity index (χ3v) is 4.76. The number of benzene rings is 1. The summed E-state index contributed by atoms with van der Waals surface area (Å²) >= 11 is 7.19. The number of thiophene rings is 1. The Hall–Kier alpha value is -0.710. The molecule has 1 nitrogen and oxygen atoms in total. The molecule has 0 spiro atoms. The maximum Gasteiger partial charge on any atom is 0.123 e. The number of hydrogen-bond donors (Lipinski definition) is 0. The average molecular weight is 275 g/mol. The highest BCUT2D eigenvalue weighted by Gasteiger charge is 2.07. The molecule has 1 aromatic heterocycles. The molecule has 0 amide bonds. The Labute approximate surface area is 104 Å². The highest BCUT2D eigenvalue weighted by Crippen LogP contribution is 2.24. The van der Waals surface area contributed by atoms with Gasteiger partial charge in [-0.2, -0.15) is 0 Å². The normalized spacial score (nSPS) is 12.6. The summed E-state index contributed by atoms with van der Waals surface area (Å²) in [5, 5.41) is 0. The predicted molar refractivity (Wildman–Crippen MR) is 65.8 cm³/mol. The maximum atomic E-state index is 12.7. The molecule has 2 aromatic rings. The third-order valence-electron chi connectivity index (χ3n) is 1.98. The summed E-state index contributed by atoms with van der Waals surface area (Å²) in [6, 6.07) is 9.35. The van der Waals surface area contributed by atoms with E-state index in [4.69, 9.17) is 11.6 Å². The fourth-order valence-corrected chi connectivity index (χ4v) is 3.63. The van der Waals surface area contributed by atoms with Crippen molar-refractivity contribution >= 4 is 33.7 Å². The van der Waals surface area contributed by atoms with Crippen LogP contribution in [0.3, 0.4) is 0 Å². The summed E-state index contributed by atoms with van der Waals surface area (Å²) in [6.45, 7) is 0. The molecule has 0 aliphatic heterocycles. The van der Waals surface area contributed by atoms with Gasteiger partial charge in [0.05, 0.1) is 20.9 Å². The zero-order valence-corrected chi connectivity index (χ0v) is 10.5. The second-order valence-electron chi connectivity index (χ2n) is 3.15. The van der Waals surface area contributed by atoms with E-state index in [9.17, 15) is 8.60 Å². The quantitative estimate of drug-likeness (QED) is 0.831. The molecule has 0 bridgehead atoms. The highest BCUT2D eigenvalue weighted by atomic mass is 35.5. The van der Waals surface area contributed by atoms with Crippen LogP contribution in [0.15, 0.2) is 41.3 Å². The monoisotopic (exact) mass is 274 g/mol. The molecule has 0 fully saturated rings. The Bertz CT molecular complexity index is 507. The van der Waals surface area contributed by atoms with Gasteiger partial charge < -0.3 is 0 Å². The molecular formula is C11H8ClFOS2. The van der Waals surface area contributed by atoms with E-state index < -0.39 is 10.8 Å². The molecule has 5 heteroatoms. The SMILES string of the molecule is O=S(Cc1ccc(Cl)s1)c1ccc(F)cc1. The van der Waals surface area contributed by atoms with E-state index in [1.165, 1.54) is 23.5 Å². The van der Waals surface area contributed by atoms with Crippen LogP contribution < -0.4 is 0 Å². The first-order valence-corrected chi connectivity index (χ1v) is 7.04. The largest absolute Gasteiger partial charge is 0.254 e. The first-order valence-electron chi connectivity index (χ1n) is 4.53. The van der Waals surface area contributed by atoms with Crippen LogP contribution in [-0.4, -0.2) is 4.21 Å². The van der Waals surface area contributed by atoms with Gasteiger partial charge in [0, 0.05) is 9.77 Å². The first kappa shape index (κ1) is 11.8. The smallest absolute Gasteiger partial charge is 0.123 e. The molecule has 0 aliphatic carbocycles. The molecule has 0 saturated heterocycles. The van der Waals surface area contributed by atoms with E-state index in [0.717, 1.165) is 4.88 Å². The molecular weight excluding hydrogens is 267 g/mol. The molecule has 0 aliphatic rings. The number of hydrogen-bond acceptors (Lipinski definition) is 2. The highest BCUT2D eigenvalue weighted by molar-refractivity contribution is 7.84. The summed E-state index contributed by atoms with van der Waals surface area (Å²) in [6.07, 6.45) is 0. The zero-order valence-electron chi connectivity index (χ0n) is 8.15. The predicted octanol–water partition coefficient (Wildman–Crippen LogP) is 3.85. The molecule has 0 N–H and O–H groups in total. The van der Waals surface area contributed by atoms with Gasteiger partial charge in [0.25, 0.3) is 0 Å². The van der Waals surface area contributed by atoms with Crippen LogP contribution in [0, 0.1) is 5.82 Å². The van der Waals surface area contributed by atoms with Crippen LogP contribution in [0.4, 0.5) is 4.39 Å². The summed E-state index contributed by atoms with van der Waals surface area (Å²) in [7, 11) is -1.14. The standard InChI is InChI=1S/C11H8ClFOS2/c12-11-6-3-9(15-11)7-16(14)10-4-1-8(13)2-5-10/h1-6H,7H2. The summed E-state index contributed by atoms with van der Waals surface area (Å²) in [5.74, 6) is 0.100. The lowest BCUT2D eigenvalue weighted by Crippen LogP contribution is -1.94. The van der Waals surface area contributed by atoms with E-state index in [0.29, 0.717) is 15.0 Å². The number of halogens is 2. The van der Waals surface area contributed by atoms with Crippen molar-refractivity contribution in [1.29, 1.82) is 0 Å². The van der Waals surface area contributed by atoms with Crippen molar-refractivity contribution < 1.29 is 8.60 Å². The van der Waals surface area contributed by atoms with Gasteiger partial charge in [-0.3, -0.25) is 4.21 Å². The average Bonchev–Trinajstić information content (AvgIpc) is 2.65. The molecule has 1 heterocycles. The molecule has 84 valence electrons. The van der Waals surface area contributed by atoms with Crippen LogP contribution in [0.5, 0.6) is 0 Å². The second-order valence-corrected chi connectivity index (χ2v) is 6.40. The minimum Gasteiger partial charge on any atom is -0.254 e. The Morgan fingerprint density at radius 1 is 1.19 bits per heavy atom. The lowest BCUT2D eigenvalue weighted by Gasteiger charge is -1.99. The van der Waals surface area contributed by atoms with E-state index in [2.05, 4.69) is 0 Å². The van der Waals surface area contributed by atoms with Gasteiger partial charge in [-0.25, -0.2) is 4.39 Å². The maximum absolute atomic E-state index is 12.7. The molecule has 16 heavy (non-hydrogen) atoms. The molecule has 0 radical (unpaired) electrons. The Morgan fingerprint density at radius 3 is 2.44 bits per heavy atom. The van der Waals surface area contributed by atoms with Gasteiger partial charge in [-0.1, -0.05) is 11.6 Å². The van der Waals surface area contributed by atoms with E-state index >= 15 is 0 Å². The fourth-order valence-electron chi connectivity index (χ4n) is 1.23. The Balaban J connectivity index is 2.11. The molecule has 1 atom stereocenters. The van der Waals surface area contributed by atoms with Crippen LogP contribution >= 0.6 is 22.9 Å². The number of rotatable bonds is 3. The van der Waals surface area contributed by atoms with Crippen LogP contribution in [0.25, 0.3) is 0 Å². The van der Waals surface area contributed by atoms with Crippen molar-refractivity contribution in [2.45, 2.75) is 10.6 Å². The molecule has 2 rings (SSSR count). The van der Waals surface area contributed by atoms with E-state index in [1.54, 1.807) is 18.2 Å². The zero-order chi connectivity index (χ0) is 11.5. The van der Waals surface area contributed by atoms with Gasteiger partial charge >= 0.3 is 0 Å². The van der Waals surface area contributed by atoms with Crippen molar-refractivity contribution in [3.05, 3.63) is 51.4 Å². The molecule has 0 saturated carbocycles. The van der Waals surface area contributed by atoms with Crippen LogP contribution in [0.2, 0.25) is 4.34 Å². The minimum absolute atomic E-state index is 0.320. The van der Waals surface area contributed by atoms with Crippen molar-refractivity contribution in [1.82, 2.24) is 0 Å². The molecule has 1 aromatic carbocycles. The van der Waals surface area contributed by atoms with Gasteiger partial charge in [-0.15, -0.1) is 11.3 Å². The van der Waals surface area contributed by atoms with Crippen molar-refractivity contribution in [2.75, 3.05) is 0 Å². The first-order chi connectivity index (χ1) is 7.65. The van der Waals surface area contributed by atoms with E-state index in [1.807, 2.05) is 6.07 Å². The topological polar surface area (TPSA) is 17.1 Å². The summed E-state index contributed by atoms with van der Waals surface area (Å²) < 4.78 is 25.2. The van der Waals surface area contributed by atoms with Gasteiger partial charge in [0.1, 0.15) is 5.82 Å². The van der Waals surface area contributed by atoms with Crippen LogP contribution in [-0.2, 0) is 16.6 Å². The van der Waals surface area contributed by atoms with Gasteiger partial charge in [0.15, 0.2) is 0 Å². The Morgan fingerprint density at radius 2 is 1.88 bits per heavy atom. The second kappa shape index (κ2) is 5.08. The lowest BCUT2D eigenvalue weighted by molar-refractivity contribution is 0.626. The van der Waals surface area contributed by atoms with Gasteiger partial charge in [-0.05, 0) is 36.4 Å². The lowest BCUT2D eigenvalue weighted by atomic mass is 10.4. The molecule has 1 unspecified atom stereocenters. The Kier molecular flexibility index (Phi) is 3.74. The van der Waals surface area contributed by atoms with E-state index in [-0.39, 0.29) is 5.82 Å². The fraction of sp³-hybridized carbons (Fsp3) is 0.0909. The van der Waals surface area contributed by atoms with Crippen molar-refractivity contribution in [3.63, 3.8) is 0 Å². The third kappa shape index (κ3) is 2.90. The minimum atomic E-state index is -1.14. The van der Waals surface area contributed by atoms with Crippen molar-refractivity contribution in [2.24, 2.45) is 0 Å².